The van der Waals surface area contributed by atoms with E-state index in [0.717, 1.165) is 22.8 Å². The van der Waals surface area contributed by atoms with E-state index in [1.165, 1.54) is 0 Å². The number of carbonyl (C=O) groups excluding carboxylic acids is 1. The summed E-state index contributed by atoms with van der Waals surface area (Å²) in [6, 6.07) is 7.63. The molecule has 3 rings (SSSR count). The lowest BCUT2D eigenvalue weighted by Gasteiger charge is -2.17. The number of amides is 1. The minimum Gasteiger partial charge on any atom is -0.497 e. The van der Waals surface area contributed by atoms with Gasteiger partial charge in [-0.1, -0.05) is 13.8 Å². The predicted molar refractivity (Wildman–Crippen MR) is 88.8 cm³/mol. The number of nitrogens with zero attached hydrogens (tertiary/aromatic N) is 2. The van der Waals surface area contributed by atoms with Gasteiger partial charge < -0.3 is 10.1 Å². The molecule has 1 aliphatic rings. The summed E-state index contributed by atoms with van der Waals surface area (Å²) in [5, 5.41) is 7.74. The van der Waals surface area contributed by atoms with Crippen molar-refractivity contribution in [1.82, 2.24) is 9.78 Å². The summed E-state index contributed by atoms with van der Waals surface area (Å²) in [5.74, 6) is 2.50. The van der Waals surface area contributed by atoms with Crippen LogP contribution in [0.2, 0.25) is 0 Å². The molecule has 0 aliphatic carbocycles. The monoisotopic (exact) mass is 317 g/mol. The summed E-state index contributed by atoms with van der Waals surface area (Å²) in [6.07, 6.45) is 1.86. The van der Waals surface area contributed by atoms with Crippen molar-refractivity contribution >= 4 is 23.5 Å². The molecule has 1 aromatic carbocycles. The Hall–Kier alpha value is -1.95. The molecule has 1 amide bonds. The lowest BCUT2D eigenvalue weighted by atomic mass is 10.0. The summed E-state index contributed by atoms with van der Waals surface area (Å²) in [7, 11) is 1.64. The molecule has 2 aromatic rings. The number of fused-ring (bicyclic) bond motifs is 1. The highest BCUT2D eigenvalue weighted by atomic mass is 32.2. The zero-order valence-electron chi connectivity index (χ0n) is 12.9. The molecule has 1 aromatic heterocycles. The Balaban J connectivity index is 2.05. The second-order valence-corrected chi connectivity index (χ2v) is 6.71. The summed E-state index contributed by atoms with van der Waals surface area (Å²) in [4.78, 5) is 12.0. The third kappa shape index (κ3) is 2.70. The zero-order chi connectivity index (χ0) is 15.7. The summed E-state index contributed by atoms with van der Waals surface area (Å²) in [6.45, 7) is 4.34. The van der Waals surface area contributed by atoms with Gasteiger partial charge in [-0.25, -0.2) is 4.68 Å². The average Bonchev–Trinajstić information content (AvgIpc) is 2.83. The molecule has 22 heavy (non-hydrogen) atoms. The molecule has 0 bridgehead atoms. The molecule has 0 unspecified atom stereocenters. The van der Waals surface area contributed by atoms with Crippen LogP contribution in [-0.4, -0.2) is 28.6 Å². The van der Waals surface area contributed by atoms with Crippen molar-refractivity contribution in [2.75, 3.05) is 18.2 Å². The first-order valence-electron chi connectivity index (χ1n) is 7.24. The van der Waals surface area contributed by atoms with E-state index in [1.54, 1.807) is 23.6 Å². The highest BCUT2D eigenvalue weighted by Gasteiger charge is 2.28. The van der Waals surface area contributed by atoms with Gasteiger partial charge in [-0.3, -0.25) is 4.79 Å². The molecule has 6 heteroatoms. The summed E-state index contributed by atoms with van der Waals surface area (Å²) < 4.78 is 6.97. The van der Waals surface area contributed by atoms with E-state index in [1.807, 2.05) is 30.5 Å². The fourth-order valence-electron chi connectivity index (χ4n) is 2.59. The molecule has 116 valence electrons. The van der Waals surface area contributed by atoms with Crippen LogP contribution < -0.4 is 10.1 Å². The fourth-order valence-corrected chi connectivity index (χ4v) is 3.73. The molecule has 0 spiro atoms. The van der Waals surface area contributed by atoms with Crippen LogP contribution in [0.25, 0.3) is 5.69 Å². The van der Waals surface area contributed by atoms with Crippen LogP contribution in [0.15, 0.2) is 30.5 Å². The third-order valence-corrected chi connectivity index (χ3v) is 5.26. The van der Waals surface area contributed by atoms with Crippen molar-refractivity contribution in [3.63, 3.8) is 0 Å². The second kappa shape index (κ2) is 6.04. The highest BCUT2D eigenvalue weighted by molar-refractivity contribution is 8.00. The Labute approximate surface area is 134 Å². The fraction of sp³-hybridized carbons (Fsp3) is 0.375. The van der Waals surface area contributed by atoms with Crippen LogP contribution >= 0.6 is 11.8 Å². The average molecular weight is 317 g/mol. The van der Waals surface area contributed by atoms with Crippen LogP contribution in [0.5, 0.6) is 5.75 Å². The van der Waals surface area contributed by atoms with Crippen molar-refractivity contribution in [2.24, 2.45) is 5.92 Å². The molecule has 0 saturated carbocycles. The minimum absolute atomic E-state index is 0.0182. The number of anilines is 1. The van der Waals surface area contributed by atoms with Gasteiger partial charge in [0.1, 0.15) is 11.6 Å². The van der Waals surface area contributed by atoms with E-state index in [0.29, 0.717) is 11.7 Å². The Morgan fingerprint density at radius 2 is 2.09 bits per heavy atom. The van der Waals surface area contributed by atoms with Gasteiger partial charge in [0, 0.05) is 10.8 Å². The quantitative estimate of drug-likeness (QED) is 0.944. The third-order valence-electron chi connectivity index (χ3n) is 3.68. The van der Waals surface area contributed by atoms with E-state index in [4.69, 9.17) is 4.74 Å². The smallest absolute Gasteiger partial charge is 0.235 e. The molecule has 0 saturated heterocycles. The molecule has 1 N–H and O–H groups in total. The van der Waals surface area contributed by atoms with E-state index in [9.17, 15) is 4.79 Å². The Kier molecular flexibility index (Phi) is 4.11. The van der Waals surface area contributed by atoms with Crippen molar-refractivity contribution < 1.29 is 9.53 Å². The topological polar surface area (TPSA) is 56.1 Å². The van der Waals surface area contributed by atoms with Gasteiger partial charge in [0.2, 0.25) is 5.91 Å². The number of aromatic nitrogens is 2. The first-order chi connectivity index (χ1) is 10.6. The Bertz CT molecular complexity index is 679. The van der Waals surface area contributed by atoms with Gasteiger partial charge in [0.25, 0.3) is 0 Å². The van der Waals surface area contributed by atoms with E-state index in [-0.39, 0.29) is 11.2 Å². The van der Waals surface area contributed by atoms with Gasteiger partial charge in [-0.2, -0.15) is 5.10 Å². The number of ether oxygens (including phenoxy) is 1. The SMILES string of the molecule is COc1ccc(-n2ncc3c2NC(=O)CS[C@H]3C(C)C)cc1. The number of benzene rings is 1. The number of nitrogens with one attached hydrogen (secondary N) is 1. The molecular weight excluding hydrogens is 298 g/mol. The molecule has 0 fully saturated rings. The van der Waals surface area contributed by atoms with Crippen LogP contribution in [0, 0.1) is 5.92 Å². The number of thioether (sulfide) groups is 1. The lowest BCUT2D eigenvalue weighted by molar-refractivity contribution is -0.113. The molecule has 2 heterocycles. The maximum Gasteiger partial charge on any atom is 0.235 e. The number of methoxy groups -OCH3 is 1. The van der Waals surface area contributed by atoms with Crippen molar-refractivity contribution in [3.8, 4) is 11.4 Å². The van der Waals surface area contributed by atoms with Crippen LogP contribution in [0.1, 0.15) is 24.7 Å². The highest BCUT2D eigenvalue weighted by Crippen LogP contribution is 2.42. The number of carbonyl (C=O) groups is 1. The standard InChI is InChI=1S/C16H19N3O2S/c1-10(2)15-13-8-17-19(16(13)18-14(20)9-22-15)11-4-6-12(21-3)7-5-11/h4-8,10,15H,9H2,1-3H3,(H,18,20)/t15-/m0/s1. The first-order valence-corrected chi connectivity index (χ1v) is 8.29. The van der Waals surface area contributed by atoms with Crippen molar-refractivity contribution in [3.05, 3.63) is 36.0 Å². The van der Waals surface area contributed by atoms with Gasteiger partial charge >= 0.3 is 0 Å². The van der Waals surface area contributed by atoms with Crippen LogP contribution in [0.4, 0.5) is 5.82 Å². The number of rotatable bonds is 3. The maximum absolute atomic E-state index is 12.0. The van der Waals surface area contributed by atoms with E-state index in [2.05, 4.69) is 24.3 Å². The normalized spacial score (nSPS) is 17.8. The van der Waals surface area contributed by atoms with Gasteiger partial charge in [0.05, 0.1) is 24.7 Å². The van der Waals surface area contributed by atoms with E-state index >= 15 is 0 Å². The Morgan fingerprint density at radius 3 is 2.73 bits per heavy atom. The minimum atomic E-state index is 0.0182. The van der Waals surface area contributed by atoms with Gasteiger partial charge in [-0.05, 0) is 30.2 Å². The van der Waals surface area contributed by atoms with Crippen LogP contribution in [-0.2, 0) is 4.79 Å². The summed E-state index contributed by atoms with van der Waals surface area (Å²) >= 11 is 1.67. The Morgan fingerprint density at radius 1 is 1.36 bits per heavy atom. The van der Waals surface area contributed by atoms with Crippen molar-refractivity contribution in [2.45, 2.75) is 19.1 Å². The van der Waals surface area contributed by atoms with Crippen LogP contribution in [0.3, 0.4) is 0 Å². The second-order valence-electron chi connectivity index (χ2n) is 5.58. The summed E-state index contributed by atoms with van der Waals surface area (Å²) in [5.41, 5.74) is 1.98. The number of hydrogen-bond donors (Lipinski definition) is 1. The molecule has 0 radical (unpaired) electrons. The molecular formula is C16H19N3O2S. The largest absolute Gasteiger partial charge is 0.497 e. The zero-order valence-corrected chi connectivity index (χ0v) is 13.7. The van der Waals surface area contributed by atoms with E-state index < -0.39 is 0 Å². The lowest BCUT2D eigenvalue weighted by Crippen LogP contribution is -2.15. The molecule has 5 nitrogen and oxygen atoms in total. The first kappa shape index (κ1) is 15.0. The molecule has 1 atom stereocenters. The van der Waals surface area contributed by atoms with Gasteiger partial charge in [-0.15, -0.1) is 11.8 Å². The molecule has 1 aliphatic heterocycles. The number of hydrogen-bond acceptors (Lipinski definition) is 4. The van der Waals surface area contributed by atoms with Crippen molar-refractivity contribution in [1.29, 1.82) is 0 Å². The van der Waals surface area contributed by atoms with Gasteiger partial charge in [0.15, 0.2) is 0 Å². The maximum atomic E-state index is 12.0. The predicted octanol–water partition coefficient (Wildman–Crippen LogP) is 3.26.